The predicted molar refractivity (Wildman–Crippen MR) is 87.6 cm³/mol. The molecule has 1 rings (SSSR count). The van der Waals surface area contributed by atoms with E-state index in [2.05, 4.69) is 13.2 Å². The largest absolute Gasteiger partial charge is 0.450 e. The summed E-state index contributed by atoms with van der Waals surface area (Å²) in [5, 5.41) is 0. The average Bonchev–Trinajstić information content (AvgIpc) is 2.50. The van der Waals surface area contributed by atoms with Crippen LogP contribution in [-0.4, -0.2) is 26.7 Å². The van der Waals surface area contributed by atoms with Crippen molar-refractivity contribution >= 4 is 15.8 Å². The van der Waals surface area contributed by atoms with Crippen molar-refractivity contribution in [2.75, 3.05) is 6.26 Å². The standard InChI is InChI=1S/C17H22O4S/c1-6-12(3)16(13(4)7-2)21-17(18)14-8-10-15(11-9-14)22(5,19)20/h8-11,16H,3-4,6-7H2,1-2,5H3. The van der Waals surface area contributed by atoms with Gasteiger partial charge >= 0.3 is 5.97 Å². The lowest BCUT2D eigenvalue weighted by Gasteiger charge is -2.21. The average molecular weight is 322 g/mol. The molecule has 0 spiro atoms. The predicted octanol–water partition coefficient (Wildman–Crippen LogP) is 3.55. The second-order valence-corrected chi connectivity index (χ2v) is 7.12. The van der Waals surface area contributed by atoms with Gasteiger partial charge in [0.2, 0.25) is 0 Å². The Morgan fingerprint density at radius 1 is 1.09 bits per heavy atom. The molecule has 0 bridgehead atoms. The zero-order valence-corrected chi connectivity index (χ0v) is 14.1. The lowest BCUT2D eigenvalue weighted by Crippen LogP contribution is -2.22. The fourth-order valence-corrected chi connectivity index (χ4v) is 2.47. The Kier molecular flexibility index (Phi) is 6.11. The third-order valence-corrected chi connectivity index (χ3v) is 4.52. The molecule has 0 radical (unpaired) electrons. The lowest BCUT2D eigenvalue weighted by molar-refractivity contribution is 0.0425. The summed E-state index contributed by atoms with van der Waals surface area (Å²) in [6.07, 6.45) is 1.97. The molecule has 0 aliphatic heterocycles. The molecule has 4 nitrogen and oxygen atoms in total. The minimum atomic E-state index is -3.28. The van der Waals surface area contributed by atoms with Crippen molar-refractivity contribution in [2.24, 2.45) is 0 Å². The van der Waals surface area contributed by atoms with E-state index in [4.69, 9.17) is 4.74 Å². The van der Waals surface area contributed by atoms with E-state index < -0.39 is 21.9 Å². The van der Waals surface area contributed by atoms with Crippen LogP contribution in [0.2, 0.25) is 0 Å². The quantitative estimate of drug-likeness (QED) is 0.569. The molecule has 1 aromatic carbocycles. The van der Waals surface area contributed by atoms with Crippen molar-refractivity contribution < 1.29 is 17.9 Å². The van der Waals surface area contributed by atoms with Gasteiger partial charge in [0.15, 0.2) is 9.84 Å². The van der Waals surface area contributed by atoms with Gasteiger partial charge in [0.25, 0.3) is 0 Å². The molecule has 0 fully saturated rings. The molecular weight excluding hydrogens is 300 g/mol. The summed E-state index contributed by atoms with van der Waals surface area (Å²) in [6.45, 7) is 11.7. The van der Waals surface area contributed by atoms with E-state index in [1.165, 1.54) is 24.3 Å². The van der Waals surface area contributed by atoms with E-state index in [1.807, 2.05) is 13.8 Å². The van der Waals surface area contributed by atoms with Crippen LogP contribution in [0.3, 0.4) is 0 Å². The zero-order valence-electron chi connectivity index (χ0n) is 13.3. The van der Waals surface area contributed by atoms with Gasteiger partial charge in [-0.05, 0) is 48.3 Å². The van der Waals surface area contributed by atoms with Gasteiger partial charge in [0, 0.05) is 6.26 Å². The highest BCUT2D eigenvalue weighted by molar-refractivity contribution is 7.90. The molecule has 0 aliphatic carbocycles. The highest BCUT2D eigenvalue weighted by Crippen LogP contribution is 2.21. The second-order valence-electron chi connectivity index (χ2n) is 5.11. The van der Waals surface area contributed by atoms with Gasteiger partial charge in [-0.1, -0.05) is 27.0 Å². The number of sulfone groups is 1. The second kappa shape index (κ2) is 7.40. The summed E-state index contributed by atoms with van der Waals surface area (Å²) < 4.78 is 28.3. The molecule has 22 heavy (non-hydrogen) atoms. The van der Waals surface area contributed by atoms with Crippen LogP contribution >= 0.6 is 0 Å². The summed E-state index contributed by atoms with van der Waals surface area (Å²) in [7, 11) is -3.28. The van der Waals surface area contributed by atoms with E-state index >= 15 is 0 Å². The van der Waals surface area contributed by atoms with Crippen LogP contribution in [0.4, 0.5) is 0 Å². The third-order valence-electron chi connectivity index (χ3n) is 3.39. The van der Waals surface area contributed by atoms with Gasteiger partial charge in [-0.2, -0.15) is 0 Å². The first-order valence-electron chi connectivity index (χ1n) is 7.07. The smallest absolute Gasteiger partial charge is 0.339 e. The van der Waals surface area contributed by atoms with Crippen LogP contribution < -0.4 is 0 Å². The van der Waals surface area contributed by atoms with Crippen LogP contribution in [0.5, 0.6) is 0 Å². The van der Waals surface area contributed by atoms with Crippen LogP contribution in [0.1, 0.15) is 37.0 Å². The van der Waals surface area contributed by atoms with Crippen molar-refractivity contribution in [1.29, 1.82) is 0 Å². The first-order valence-corrected chi connectivity index (χ1v) is 8.96. The van der Waals surface area contributed by atoms with Gasteiger partial charge in [-0.3, -0.25) is 0 Å². The van der Waals surface area contributed by atoms with Crippen LogP contribution in [0.25, 0.3) is 0 Å². The van der Waals surface area contributed by atoms with Crippen molar-refractivity contribution in [3.8, 4) is 0 Å². The zero-order chi connectivity index (χ0) is 16.9. The maximum absolute atomic E-state index is 12.2. The van der Waals surface area contributed by atoms with Crippen molar-refractivity contribution in [1.82, 2.24) is 0 Å². The maximum Gasteiger partial charge on any atom is 0.339 e. The Hall–Kier alpha value is -1.88. The number of benzene rings is 1. The van der Waals surface area contributed by atoms with E-state index in [1.54, 1.807) is 0 Å². The van der Waals surface area contributed by atoms with Crippen molar-refractivity contribution in [2.45, 2.75) is 37.7 Å². The van der Waals surface area contributed by atoms with Gasteiger partial charge in [-0.15, -0.1) is 0 Å². The van der Waals surface area contributed by atoms with Gasteiger partial charge < -0.3 is 4.74 Å². The first kappa shape index (κ1) is 18.2. The number of carbonyl (C=O) groups excluding carboxylic acids is 1. The van der Waals surface area contributed by atoms with Gasteiger partial charge in [0.05, 0.1) is 10.5 Å². The lowest BCUT2D eigenvalue weighted by atomic mass is 10.0. The molecule has 1 aromatic rings. The van der Waals surface area contributed by atoms with E-state index in [9.17, 15) is 13.2 Å². The SMILES string of the molecule is C=C(CC)C(OC(=O)c1ccc(S(C)(=O)=O)cc1)C(=C)CC. The Morgan fingerprint density at radius 2 is 1.55 bits per heavy atom. The molecule has 0 heterocycles. The van der Waals surface area contributed by atoms with E-state index in [0.29, 0.717) is 18.4 Å². The summed E-state index contributed by atoms with van der Waals surface area (Å²) in [6, 6.07) is 5.67. The summed E-state index contributed by atoms with van der Waals surface area (Å²) in [5.41, 5.74) is 1.87. The van der Waals surface area contributed by atoms with Gasteiger partial charge in [0.1, 0.15) is 6.10 Å². The maximum atomic E-state index is 12.2. The minimum Gasteiger partial charge on any atom is -0.450 e. The number of hydrogen-bond acceptors (Lipinski definition) is 4. The molecule has 0 aliphatic rings. The minimum absolute atomic E-state index is 0.163. The first-order chi connectivity index (χ1) is 10.2. The molecular formula is C17H22O4S. The summed E-state index contributed by atoms with van der Waals surface area (Å²) in [4.78, 5) is 12.4. The van der Waals surface area contributed by atoms with Crippen LogP contribution in [-0.2, 0) is 14.6 Å². The monoisotopic (exact) mass is 322 g/mol. The molecule has 0 saturated carbocycles. The molecule has 0 N–H and O–H groups in total. The Bertz CT molecular complexity index is 653. The molecule has 120 valence electrons. The Labute approximate surface area is 132 Å². The molecule has 0 unspecified atom stereocenters. The highest BCUT2D eigenvalue weighted by Gasteiger charge is 2.20. The topological polar surface area (TPSA) is 60.4 Å². The molecule has 0 amide bonds. The van der Waals surface area contributed by atoms with Crippen molar-refractivity contribution in [3.63, 3.8) is 0 Å². The highest BCUT2D eigenvalue weighted by atomic mass is 32.2. The van der Waals surface area contributed by atoms with Gasteiger partial charge in [-0.25, -0.2) is 13.2 Å². The fourth-order valence-electron chi connectivity index (χ4n) is 1.84. The van der Waals surface area contributed by atoms with E-state index in [0.717, 1.165) is 17.4 Å². The molecule has 0 aromatic heterocycles. The third kappa shape index (κ3) is 4.56. The normalized spacial score (nSPS) is 11.3. The van der Waals surface area contributed by atoms with E-state index in [-0.39, 0.29) is 4.90 Å². The fraction of sp³-hybridized carbons (Fsp3) is 0.353. The number of ether oxygens (including phenoxy) is 1. The summed E-state index contributed by atoms with van der Waals surface area (Å²) >= 11 is 0. The number of carbonyl (C=O) groups is 1. The molecule has 0 saturated heterocycles. The number of esters is 1. The number of hydrogen-bond donors (Lipinski definition) is 0. The molecule has 0 atom stereocenters. The Balaban J connectivity index is 2.95. The van der Waals surface area contributed by atoms with Crippen molar-refractivity contribution in [3.05, 3.63) is 54.1 Å². The summed E-state index contributed by atoms with van der Waals surface area (Å²) in [5.74, 6) is -0.519. The number of rotatable bonds is 7. The Morgan fingerprint density at radius 3 is 1.91 bits per heavy atom. The van der Waals surface area contributed by atoms with Crippen LogP contribution in [0.15, 0.2) is 53.5 Å². The molecule has 5 heteroatoms. The van der Waals surface area contributed by atoms with Crippen LogP contribution in [0, 0.1) is 0 Å².